The minimum Gasteiger partial charge on any atom is -0.469 e. The van der Waals surface area contributed by atoms with Crippen molar-refractivity contribution in [3.8, 4) is 0 Å². The Morgan fingerprint density at radius 3 is 2.18 bits per heavy atom. The first kappa shape index (κ1) is 14.6. The van der Waals surface area contributed by atoms with Crippen LogP contribution in [-0.4, -0.2) is 0 Å². The largest absolute Gasteiger partial charge is 0.469 e. The topological polar surface area (TPSA) is 26.3 Å². The van der Waals surface area contributed by atoms with Crippen molar-refractivity contribution in [1.82, 2.24) is 0 Å². The highest BCUT2D eigenvalue weighted by Gasteiger charge is 2.12. The Morgan fingerprint density at radius 1 is 0.818 bits per heavy atom. The van der Waals surface area contributed by atoms with E-state index in [0.29, 0.717) is 6.42 Å². The van der Waals surface area contributed by atoms with Gasteiger partial charge < -0.3 is 8.83 Å². The van der Waals surface area contributed by atoms with Crippen molar-refractivity contribution in [2.75, 3.05) is 0 Å². The predicted molar refractivity (Wildman–Crippen MR) is 79.0 cm³/mol. The van der Waals surface area contributed by atoms with E-state index in [-0.39, 0.29) is 5.76 Å². The first-order chi connectivity index (χ1) is 10.7. The van der Waals surface area contributed by atoms with Crippen LogP contribution in [0, 0.1) is 0 Å². The lowest BCUT2D eigenvalue weighted by atomic mass is 10.1. The average molecular weight is 302 g/mol. The molecular formula is C18H16F2O2. The molecule has 2 nitrogen and oxygen atoms in total. The lowest BCUT2D eigenvalue weighted by molar-refractivity contribution is 0.122. The number of rotatable bonds is 6. The van der Waals surface area contributed by atoms with Gasteiger partial charge in [-0.1, -0.05) is 30.3 Å². The van der Waals surface area contributed by atoms with Crippen LogP contribution in [0.3, 0.4) is 0 Å². The Kier molecular flexibility index (Phi) is 4.37. The quantitative estimate of drug-likeness (QED) is 0.626. The maximum absolute atomic E-state index is 12.4. The molecule has 0 saturated carbocycles. The molecule has 3 rings (SSSR count). The maximum Gasteiger partial charge on any atom is 0.295 e. The van der Waals surface area contributed by atoms with Crippen LogP contribution >= 0.6 is 0 Å². The van der Waals surface area contributed by atoms with E-state index < -0.39 is 6.43 Å². The Bertz CT molecular complexity index is 714. The second-order valence-corrected chi connectivity index (χ2v) is 5.24. The molecule has 0 bridgehead atoms. The van der Waals surface area contributed by atoms with Crippen molar-refractivity contribution in [2.24, 2.45) is 0 Å². The summed E-state index contributed by atoms with van der Waals surface area (Å²) in [5, 5.41) is 0. The van der Waals surface area contributed by atoms with E-state index in [0.717, 1.165) is 29.7 Å². The Labute approximate surface area is 127 Å². The molecule has 4 heteroatoms. The number of furan rings is 2. The fourth-order valence-corrected chi connectivity index (χ4v) is 2.38. The fraction of sp³-hybridized carbons (Fsp3) is 0.222. The van der Waals surface area contributed by atoms with E-state index in [4.69, 9.17) is 8.83 Å². The third-order valence-electron chi connectivity index (χ3n) is 3.52. The smallest absolute Gasteiger partial charge is 0.295 e. The number of aryl methyl sites for hydroxylation is 2. The molecule has 1 aromatic carbocycles. The lowest BCUT2D eigenvalue weighted by Crippen LogP contribution is -1.88. The van der Waals surface area contributed by atoms with Crippen molar-refractivity contribution in [3.05, 3.63) is 83.2 Å². The lowest BCUT2D eigenvalue weighted by Gasteiger charge is -1.96. The van der Waals surface area contributed by atoms with Crippen LogP contribution in [0.1, 0.15) is 34.6 Å². The monoisotopic (exact) mass is 302 g/mol. The second kappa shape index (κ2) is 6.60. The summed E-state index contributed by atoms with van der Waals surface area (Å²) < 4.78 is 35.3. The van der Waals surface area contributed by atoms with Crippen LogP contribution in [0.15, 0.2) is 63.8 Å². The van der Waals surface area contributed by atoms with Crippen molar-refractivity contribution in [3.63, 3.8) is 0 Å². The van der Waals surface area contributed by atoms with Gasteiger partial charge in [0, 0.05) is 6.42 Å². The van der Waals surface area contributed by atoms with Crippen LogP contribution < -0.4 is 0 Å². The highest BCUT2D eigenvalue weighted by molar-refractivity contribution is 5.24. The summed E-state index contributed by atoms with van der Waals surface area (Å²) in [6.45, 7) is 0. The number of halogens is 2. The Hall–Kier alpha value is -2.36. The van der Waals surface area contributed by atoms with Crippen LogP contribution in [0.2, 0.25) is 0 Å². The third-order valence-corrected chi connectivity index (χ3v) is 3.52. The van der Waals surface area contributed by atoms with Crippen LogP contribution in [-0.2, 0) is 19.3 Å². The van der Waals surface area contributed by atoms with Crippen molar-refractivity contribution >= 4 is 0 Å². The molecule has 0 amide bonds. The van der Waals surface area contributed by atoms with Gasteiger partial charge in [-0.25, -0.2) is 8.78 Å². The van der Waals surface area contributed by atoms with Gasteiger partial charge in [0.25, 0.3) is 6.43 Å². The van der Waals surface area contributed by atoms with E-state index in [9.17, 15) is 8.78 Å². The summed E-state index contributed by atoms with van der Waals surface area (Å²) in [7, 11) is 0. The summed E-state index contributed by atoms with van der Waals surface area (Å²) in [5.74, 6) is 0.633. The van der Waals surface area contributed by atoms with E-state index in [2.05, 4.69) is 12.1 Å². The summed E-state index contributed by atoms with van der Waals surface area (Å²) in [6.07, 6.45) is 2.71. The molecule has 0 spiro atoms. The zero-order chi connectivity index (χ0) is 15.4. The van der Waals surface area contributed by atoms with Gasteiger partial charge in [-0.15, -0.1) is 0 Å². The Morgan fingerprint density at radius 2 is 1.50 bits per heavy atom. The van der Waals surface area contributed by atoms with E-state index in [1.54, 1.807) is 6.26 Å². The first-order valence-electron chi connectivity index (χ1n) is 7.16. The number of benzene rings is 1. The standard InChI is InChI=1S/C18H16F2O2/c19-18(20)17-10-15(12-22-17)7-6-14-9-16(21-11-14)8-13-4-2-1-3-5-13/h1-5,9-12,18H,6-8H2. The predicted octanol–water partition coefficient (Wildman–Crippen LogP) is 5.19. The molecule has 0 saturated heterocycles. The van der Waals surface area contributed by atoms with E-state index in [1.165, 1.54) is 17.9 Å². The number of hydrogen-bond donors (Lipinski definition) is 0. The zero-order valence-corrected chi connectivity index (χ0v) is 12.0. The molecule has 114 valence electrons. The zero-order valence-electron chi connectivity index (χ0n) is 12.0. The molecule has 0 fully saturated rings. The molecule has 0 unspecified atom stereocenters. The number of hydrogen-bond acceptors (Lipinski definition) is 2. The highest BCUT2D eigenvalue weighted by atomic mass is 19.3. The molecular weight excluding hydrogens is 286 g/mol. The molecule has 0 aliphatic heterocycles. The fourth-order valence-electron chi connectivity index (χ4n) is 2.38. The summed E-state index contributed by atoms with van der Waals surface area (Å²) in [5.41, 5.74) is 3.03. The van der Waals surface area contributed by atoms with Crippen molar-refractivity contribution in [1.29, 1.82) is 0 Å². The minimum atomic E-state index is -2.56. The molecule has 2 aromatic heterocycles. The van der Waals surface area contributed by atoms with Gasteiger partial charge >= 0.3 is 0 Å². The van der Waals surface area contributed by atoms with E-state index in [1.807, 2.05) is 24.3 Å². The summed E-state index contributed by atoms with van der Waals surface area (Å²) >= 11 is 0. The molecule has 0 aliphatic carbocycles. The van der Waals surface area contributed by atoms with Crippen LogP contribution in [0.4, 0.5) is 8.78 Å². The molecule has 3 aromatic rings. The van der Waals surface area contributed by atoms with Gasteiger partial charge in [0.15, 0.2) is 5.76 Å². The van der Waals surface area contributed by atoms with Crippen molar-refractivity contribution < 1.29 is 17.6 Å². The SMILES string of the molecule is FC(F)c1cc(CCc2coc(Cc3ccccc3)c2)co1. The van der Waals surface area contributed by atoms with Crippen LogP contribution in [0.25, 0.3) is 0 Å². The van der Waals surface area contributed by atoms with Gasteiger partial charge in [-0.05, 0) is 41.7 Å². The van der Waals surface area contributed by atoms with Gasteiger partial charge in [0.1, 0.15) is 5.76 Å². The minimum absolute atomic E-state index is 0.271. The van der Waals surface area contributed by atoms with Crippen molar-refractivity contribution in [2.45, 2.75) is 25.7 Å². The van der Waals surface area contributed by atoms with Gasteiger partial charge in [-0.3, -0.25) is 0 Å². The van der Waals surface area contributed by atoms with E-state index >= 15 is 0 Å². The first-order valence-corrected chi connectivity index (χ1v) is 7.16. The Balaban J connectivity index is 1.57. The highest BCUT2D eigenvalue weighted by Crippen LogP contribution is 2.22. The molecule has 0 radical (unpaired) electrons. The number of alkyl halides is 2. The normalized spacial score (nSPS) is 11.2. The molecule has 22 heavy (non-hydrogen) atoms. The molecule has 0 N–H and O–H groups in total. The second-order valence-electron chi connectivity index (χ2n) is 5.24. The molecule has 2 heterocycles. The van der Waals surface area contributed by atoms with Gasteiger partial charge in [0.05, 0.1) is 12.5 Å². The maximum atomic E-state index is 12.4. The third kappa shape index (κ3) is 3.64. The summed E-state index contributed by atoms with van der Waals surface area (Å²) in [4.78, 5) is 0. The molecule has 0 atom stereocenters. The van der Waals surface area contributed by atoms with Crippen LogP contribution in [0.5, 0.6) is 0 Å². The van der Waals surface area contributed by atoms with Gasteiger partial charge in [-0.2, -0.15) is 0 Å². The van der Waals surface area contributed by atoms with Gasteiger partial charge in [0.2, 0.25) is 0 Å². The molecule has 0 aliphatic rings. The summed E-state index contributed by atoms with van der Waals surface area (Å²) in [6, 6.07) is 13.5. The average Bonchev–Trinajstić information content (AvgIpc) is 3.15.